The molecule has 0 saturated heterocycles. The van der Waals surface area contributed by atoms with E-state index >= 15 is 0 Å². The zero-order chi connectivity index (χ0) is 7.28. The molecule has 0 fully saturated rings. The molecule has 0 heterocycles. The third-order valence-corrected chi connectivity index (χ3v) is 0.699. The van der Waals surface area contributed by atoms with Gasteiger partial charge in [0.05, 0.1) is 6.61 Å². The van der Waals surface area contributed by atoms with Crippen LogP contribution in [-0.2, 0) is 14.3 Å². The summed E-state index contributed by atoms with van der Waals surface area (Å²) in [4.78, 5) is 20.6. The van der Waals surface area contributed by atoms with Crippen LogP contribution in [0.5, 0.6) is 0 Å². The molecule has 60 valence electrons. The van der Waals surface area contributed by atoms with E-state index in [0.717, 1.165) is 0 Å². The lowest BCUT2D eigenvalue weighted by Gasteiger charge is -1.96. The average molecular weight is 148 g/mol. The van der Waals surface area contributed by atoms with Crippen LogP contribution in [0.4, 0.5) is 0 Å². The number of carbonyl (C=O) groups is 2. The van der Waals surface area contributed by atoms with Crippen molar-refractivity contribution in [3.05, 3.63) is 0 Å². The number of carbonyl (C=O) groups excluding carboxylic acids is 2. The maximum atomic E-state index is 10.4. The molecule has 2 N–H and O–H groups in total. The van der Waals surface area contributed by atoms with Gasteiger partial charge in [-0.15, -0.1) is 0 Å². The fraction of sp³-hybridized carbons (Fsp3) is 0.667. The van der Waals surface area contributed by atoms with E-state index in [4.69, 9.17) is 0 Å². The van der Waals surface area contributed by atoms with E-state index in [1.165, 1.54) is 6.92 Å². The van der Waals surface area contributed by atoms with Gasteiger partial charge in [0.1, 0.15) is 12.2 Å². The minimum Gasteiger partial charge on any atom is -0.466 e. The number of hydrogen-bond donors (Lipinski definition) is 0. The standard InChI is InChI=1S/C6H10O3.H2O/c1-3-9-6(8)4-5(2)7;/h3-4H2,1-2H3;1H2. The maximum absolute atomic E-state index is 10.4. The van der Waals surface area contributed by atoms with Crippen molar-refractivity contribution >= 4 is 11.8 Å². The maximum Gasteiger partial charge on any atom is 0.313 e. The van der Waals surface area contributed by atoms with Crippen LogP contribution in [-0.4, -0.2) is 23.8 Å². The Hall–Kier alpha value is -0.900. The van der Waals surface area contributed by atoms with E-state index in [1.807, 2.05) is 0 Å². The number of rotatable bonds is 3. The fourth-order valence-corrected chi connectivity index (χ4v) is 0.415. The second kappa shape index (κ2) is 6.22. The molecule has 0 unspecified atom stereocenters. The highest BCUT2D eigenvalue weighted by atomic mass is 16.5. The molecule has 0 aromatic carbocycles. The number of hydrogen-bond acceptors (Lipinski definition) is 3. The molecule has 0 aromatic rings. The van der Waals surface area contributed by atoms with Crippen LogP contribution in [0.3, 0.4) is 0 Å². The molecule has 0 aliphatic rings. The van der Waals surface area contributed by atoms with Crippen molar-refractivity contribution in [1.82, 2.24) is 0 Å². The van der Waals surface area contributed by atoms with Crippen LogP contribution in [0, 0.1) is 0 Å². The molecule has 0 aliphatic heterocycles. The lowest BCUT2D eigenvalue weighted by atomic mass is 10.3. The predicted molar refractivity (Wildman–Crippen MR) is 35.5 cm³/mol. The number of Topliss-reactive ketones (excluding diaryl/α,β-unsaturated/α-hetero) is 1. The summed E-state index contributed by atoms with van der Waals surface area (Å²) in [6.45, 7) is 3.40. The molecule has 0 saturated carbocycles. The Balaban J connectivity index is 0. The number of ether oxygens (including phenoxy) is 1. The van der Waals surface area contributed by atoms with E-state index in [-0.39, 0.29) is 17.7 Å². The summed E-state index contributed by atoms with van der Waals surface area (Å²) >= 11 is 0. The van der Waals surface area contributed by atoms with Gasteiger partial charge in [0.25, 0.3) is 0 Å². The van der Waals surface area contributed by atoms with Gasteiger partial charge >= 0.3 is 5.97 Å². The van der Waals surface area contributed by atoms with Crippen molar-refractivity contribution < 1.29 is 19.8 Å². The molecule has 0 amide bonds. The van der Waals surface area contributed by atoms with Crippen LogP contribution in [0.25, 0.3) is 0 Å². The molecular formula is C6H12O4. The van der Waals surface area contributed by atoms with Crippen LogP contribution in [0.15, 0.2) is 0 Å². The first-order valence-corrected chi connectivity index (χ1v) is 2.82. The lowest BCUT2D eigenvalue weighted by molar-refractivity contribution is -0.145. The van der Waals surface area contributed by atoms with Crippen LogP contribution >= 0.6 is 0 Å². The first-order chi connectivity index (χ1) is 4.16. The van der Waals surface area contributed by atoms with Gasteiger partial charge in [-0.2, -0.15) is 0 Å². The van der Waals surface area contributed by atoms with Crippen molar-refractivity contribution in [1.29, 1.82) is 0 Å². The first kappa shape index (κ1) is 11.8. The van der Waals surface area contributed by atoms with Crippen LogP contribution in [0.1, 0.15) is 20.3 Å². The second-order valence-electron chi connectivity index (χ2n) is 1.68. The van der Waals surface area contributed by atoms with Gasteiger partial charge in [-0.05, 0) is 13.8 Å². The Morgan fingerprint density at radius 1 is 1.40 bits per heavy atom. The summed E-state index contributed by atoms with van der Waals surface area (Å²) in [6.07, 6.45) is -0.103. The molecular weight excluding hydrogens is 136 g/mol. The lowest BCUT2D eigenvalue weighted by Crippen LogP contribution is -2.07. The molecule has 0 aliphatic carbocycles. The zero-order valence-electron chi connectivity index (χ0n) is 6.14. The quantitative estimate of drug-likeness (QED) is 0.407. The summed E-state index contributed by atoms with van der Waals surface area (Å²) in [5.74, 6) is -0.599. The number of ketones is 1. The Bertz CT molecular complexity index is 119. The molecule has 0 radical (unpaired) electrons. The van der Waals surface area contributed by atoms with Gasteiger partial charge in [0.15, 0.2) is 0 Å². The van der Waals surface area contributed by atoms with Gasteiger partial charge in [-0.1, -0.05) is 0 Å². The van der Waals surface area contributed by atoms with Crippen molar-refractivity contribution in [2.75, 3.05) is 6.61 Å². The summed E-state index contributed by atoms with van der Waals surface area (Å²) in [5, 5.41) is 0. The van der Waals surface area contributed by atoms with E-state index in [2.05, 4.69) is 4.74 Å². The van der Waals surface area contributed by atoms with E-state index < -0.39 is 5.97 Å². The van der Waals surface area contributed by atoms with Crippen LogP contribution < -0.4 is 0 Å². The monoisotopic (exact) mass is 148 g/mol. The smallest absolute Gasteiger partial charge is 0.313 e. The highest BCUT2D eigenvalue weighted by molar-refractivity contribution is 5.94. The molecule has 4 nitrogen and oxygen atoms in total. The SMILES string of the molecule is CCOC(=O)CC(C)=O.O. The fourth-order valence-electron chi connectivity index (χ4n) is 0.415. The Kier molecular flexibility index (Phi) is 7.37. The molecule has 10 heavy (non-hydrogen) atoms. The molecule has 0 rings (SSSR count). The van der Waals surface area contributed by atoms with Crippen molar-refractivity contribution in [3.8, 4) is 0 Å². The first-order valence-electron chi connectivity index (χ1n) is 2.82. The third kappa shape index (κ3) is 7.10. The number of esters is 1. The van der Waals surface area contributed by atoms with Gasteiger partial charge < -0.3 is 10.2 Å². The van der Waals surface area contributed by atoms with Gasteiger partial charge in [-0.25, -0.2) is 0 Å². The average Bonchev–Trinajstić information content (AvgIpc) is 1.63. The summed E-state index contributed by atoms with van der Waals surface area (Å²) in [7, 11) is 0. The normalized spacial score (nSPS) is 7.80. The van der Waals surface area contributed by atoms with Crippen molar-refractivity contribution in [3.63, 3.8) is 0 Å². The third-order valence-electron chi connectivity index (χ3n) is 0.699. The molecule has 0 atom stereocenters. The van der Waals surface area contributed by atoms with Crippen molar-refractivity contribution in [2.45, 2.75) is 20.3 Å². The van der Waals surface area contributed by atoms with E-state index in [1.54, 1.807) is 6.92 Å². The Labute approximate surface area is 59.5 Å². The minimum absolute atomic E-state index is 0. The Morgan fingerprint density at radius 2 is 1.90 bits per heavy atom. The van der Waals surface area contributed by atoms with Gasteiger partial charge in [0, 0.05) is 0 Å². The topological polar surface area (TPSA) is 74.9 Å². The van der Waals surface area contributed by atoms with E-state index in [9.17, 15) is 9.59 Å². The van der Waals surface area contributed by atoms with Gasteiger partial charge in [0.2, 0.25) is 0 Å². The summed E-state index contributed by atoms with van der Waals surface area (Å²) in [5.41, 5.74) is 0. The zero-order valence-corrected chi connectivity index (χ0v) is 6.14. The van der Waals surface area contributed by atoms with E-state index in [0.29, 0.717) is 6.61 Å². The summed E-state index contributed by atoms with van der Waals surface area (Å²) < 4.78 is 4.49. The molecule has 0 aromatic heterocycles. The van der Waals surface area contributed by atoms with Crippen molar-refractivity contribution in [2.24, 2.45) is 0 Å². The molecule has 4 heteroatoms. The van der Waals surface area contributed by atoms with Crippen LogP contribution in [0.2, 0.25) is 0 Å². The largest absolute Gasteiger partial charge is 0.466 e. The predicted octanol–water partition coefficient (Wildman–Crippen LogP) is -0.296. The Morgan fingerprint density at radius 3 is 2.20 bits per heavy atom. The van der Waals surface area contributed by atoms with Gasteiger partial charge in [-0.3, -0.25) is 9.59 Å². The highest BCUT2D eigenvalue weighted by Crippen LogP contribution is 1.86. The minimum atomic E-state index is -0.440. The highest BCUT2D eigenvalue weighted by Gasteiger charge is 2.03. The molecule has 0 spiro atoms. The molecule has 0 bridgehead atoms. The second-order valence-corrected chi connectivity index (χ2v) is 1.68. The summed E-state index contributed by atoms with van der Waals surface area (Å²) in [6, 6.07) is 0.